The molecule has 0 aliphatic carbocycles. The molecular formula is C14H23N5. The second kappa shape index (κ2) is 5.48. The molecule has 0 bridgehead atoms. The number of nitrogens with zero attached hydrogens (tertiary/aromatic N) is 3. The van der Waals surface area contributed by atoms with Crippen molar-refractivity contribution in [2.45, 2.75) is 19.9 Å². The van der Waals surface area contributed by atoms with Gasteiger partial charge in [-0.3, -0.25) is 5.10 Å². The number of nitrogen functional groups attached to an aromatic ring is 1. The van der Waals surface area contributed by atoms with Crippen LogP contribution in [-0.2, 0) is 0 Å². The summed E-state index contributed by atoms with van der Waals surface area (Å²) in [7, 11) is 4.18. The molecule has 5 heteroatoms. The van der Waals surface area contributed by atoms with Crippen molar-refractivity contribution in [2.75, 3.05) is 37.8 Å². The van der Waals surface area contributed by atoms with Crippen LogP contribution in [0.2, 0.25) is 0 Å². The van der Waals surface area contributed by atoms with E-state index in [0.29, 0.717) is 6.04 Å². The van der Waals surface area contributed by atoms with E-state index in [0.717, 1.165) is 35.4 Å². The first-order valence-corrected chi connectivity index (χ1v) is 6.67. The van der Waals surface area contributed by atoms with Gasteiger partial charge >= 0.3 is 0 Å². The van der Waals surface area contributed by atoms with Crippen molar-refractivity contribution in [1.82, 2.24) is 15.1 Å². The van der Waals surface area contributed by atoms with Crippen LogP contribution >= 0.6 is 0 Å². The van der Waals surface area contributed by atoms with E-state index in [4.69, 9.17) is 5.73 Å². The predicted octanol–water partition coefficient (Wildman–Crippen LogP) is 1.92. The Morgan fingerprint density at radius 3 is 2.74 bits per heavy atom. The summed E-state index contributed by atoms with van der Waals surface area (Å²) in [6, 6.07) is 4.48. The van der Waals surface area contributed by atoms with E-state index in [-0.39, 0.29) is 0 Å². The van der Waals surface area contributed by atoms with Crippen LogP contribution in [0.15, 0.2) is 18.3 Å². The van der Waals surface area contributed by atoms with Gasteiger partial charge in [0, 0.05) is 24.5 Å². The fourth-order valence-electron chi connectivity index (χ4n) is 2.59. The van der Waals surface area contributed by atoms with Crippen LogP contribution in [0.25, 0.3) is 10.9 Å². The quantitative estimate of drug-likeness (QED) is 0.807. The molecule has 1 atom stereocenters. The molecule has 3 N–H and O–H groups in total. The second-order valence-corrected chi connectivity index (χ2v) is 5.27. The van der Waals surface area contributed by atoms with E-state index in [1.54, 1.807) is 6.20 Å². The number of anilines is 2. The number of aromatic nitrogens is 2. The molecule has 0 saturated heterocycles. The Labute approximate surface area is 114 Å². The van der Waals surface area contributed by atoms with Crippen LogP contribution in [0, 0.1) is 0 Å². The molecular weight excluding hydrogens is 238 g/mol. The van der Waals surface area contributed by atoms with Crippen molar-refractivity contribution in [2.24, 2.45) is 0 Å². The number of aromatic amines is 1. The predicted molar refractivity (Wildman–Crippen MR) is 81.5 cm³/mol. The molecule has 2 rings (SSSR count). The zero-order valence-corrected chi connectivity index (χ0v) is 12.1. The number of nitrogens with one attached hydrogen (secondary N) is 1. The summed E-state index contributed by atoms with van der Waals surface area (Å²) in [4.78, 5) is 4.52. The van der Waals surface area contributed by atoms with Gasteiger partial charge in [-0.1, -0.05) is 0 Å². The van der Waals surface area contributed by atoms with Gasteiger partial charge in [-0.15, -0.1) is 0 Å². The Morgan fingerprint density at radius 2 is 2.11 bits per heavy atom. The number of hydrogen-bond acceptors (Lipinski definition) is 4. The molecule has 104 valence electrons. The third-order valence-corrected chi connectivity index (χ3v) is 3.40. The lowest BCUT2D eigenvalue weighted by Gasteiger charge is -2.33. The maximum absolute atomic E-state index is 6.19. The molecule has 2 aromatic rings. The minimum absolute atomic E-state index is 0.405. The second-order valence-electron chi connectivity index (χ2n) is 5.27. The smallest absolute Gasteiger partial charge is 0.0672 e. The minimum Gasteiger partial charge on any atom is -0.397 e. The van der Waals surface area contributed by atoms with Gasteiger partial charge in [0.1, 0.15) is 0 Å². The number of hydrogen-bond donors (Lipinski definition) is 2. The molecule has 0 fully saturated rings. The van der Waals surface area contributed by atoms with E-state index >= 15 is 0 Å². The number of benzene rings is 1. The van der Waals surface area contributed by atoms with E-state index in [1.165, 1.54) is 0 Å². The van der Waals surface area contributed by atoms with Crippen LogP contribution in [-0.4, -0.2) is 48.3 Å². The van der Waals surface area contributed by atoms with Gasteiger partial charge < -0.3 is 15.5 Å². The van der Waals surface area contributed by atoms with Crippen LogP contribution in [0.1, 0.15) is 13.8 Å². The van der Waals surface area contributed by atoms with Gasteiger partial charge in [-0.25, -0.2) is 0 Å². The molecule has 1 aromatic heterocycles. The summed E-state index contributed by atoms with van der Waals surface area (Å²) in [6.07, 6.45) is 1.80. The normalized spacial score (nSPS) is 13.1. The Hall–Kier alpha value is -1.75. The highest BCUT2D eigenvalue weighted by molar-refractivity contribution is 5.89. The van der Waals surface area contributed by atoms with Crippen molar-refractivity contribution in [1.29, 1.82) is 0 Å². The van der Waals surface area contributed by atoms with Crippen LogP contribution in [0.5, 0.6) is 0 Å². The first kappa shape index (κ1) is 13.7. The molecule has 1 heterocycles. The number of fused-ring (bicyclic) bond motifs is 1. The standard InChI is InChI=1S/C14H23N5/c1-5-19(10(2)9-18(3)4)14-7-13-11(6-12(14)15)8-16-17-13/h6-8,10H,5,9,15H2,1-4H3,(H,16,17). The first-order valence-electron chi connectivity index (χ1n) is 6.67. The Bertz CT molecular complexity index is 546. The van der Waals surface area contributed by atoms with Crippen molar-refractivity contribution in [3.8, 4) is 0 Å². The maximum atomic E-state index is 6.19. The van der Waals surface area contributed by atoms with Crippen molar-refractivity contribution >= 4 is 22.3 Å². The van der Waals surface area contributed by atoms with Crippen LogP contribution in [0.3, 0.4) is 0 Å². The number of likely N-dealkylation sites (N-methyl/N-ethyl adjacent to an activating group) is 2. The molecule has 0 amide bonds. The SMILES string of the molecule is CCN(c1cc2[nH]ncc2cc1N)C(C)CN(C)C. The summed E-state index contributed by atoms with van der Waals surface area (Å²) < 4.78 is 0. The third-order valence-electron chi connectivity index (χ3n) is 3.40. The average Bonchev–Trinajstić information content (AvgIpc) is 2.76. The number of H-pyrrole nitrogens is 1. The molecule has 0 aliphatic heterocycles. The highest BCUT2D eigenvalue weighted by Crippen LogP contribution is 2.29. The monoisotopic (exact) mass is 261 g/mol. The average molecular weight is 261 g/mol. The summed E-state index contributed by atoms with van der Waals surface area (Å²) in [5, 5.41) is 8.11. The lowest BCUT2D eigenvalue weighted by atomic mass is 10.1. The third kappa shape index (κ3) is 2.81. The Morgan fingerprint density at radius 1 is 1.37 bits per heavy atom. The topological polar surface area (TPSA) is 61.2 Å². The van der Waals surface area contributed by atoms with Crippen molar-refractivity contribution in [3.63, 3.8) is 0 Å². The molecule has 0 spiro atoms. The number of nitrogens with two attached hydrogens (primary N) is 1. The zero-order chi connectivity index (χ0) is 14.0. The lowest BCUT2D eigenvalue weighted by Crippen LogP contribution is -2.40. The zero-order valence-electron chi connectivity index (χ0n) is 12.1. The molecule has 1 aromatic carbocycles. The fraction of sp³-hybridized carbons (Fsp3) is 0.500. The summed E-state index contributed by atoms with van der Waals surface area (Å²) in [5.41, 5.74) is 9.11. The Kier molecular flexibility index (Phi) is 3.95. The maximum Gasteiger partial charge on any atom is 0.0672 e. The van der Waals surface area contributed by atoms with Gasteiger partial charge in [0.25, 0.3) is 0 Å². The highest BCUT2D eigenvalue weighted by Gasteiger charge is 2.17. The van der Waals surface area contributed by atoms with E-state index in [2.05, 4.69) is 54.0 Å². The molecule has 5 nitrogen and oxygen atoms in total. The van der Waals surface area contributed by atoms with E-state index < -0.39 is 0 Å². The number of rotatable bonds is 5. The molecule has 1 unspecified atom stereocenters. The summed E-state index contributed by atoms with van der Waals surface area (Å²) in [6.45, 7) is 6.30. The molecule has 0 saturated carbocycles. The lowest BCUT2D eigenvalue weighted by molar-refractivity contribution is 0.373. The summed E-state index contributed by atoms with van der Waals surface area (Å²) in [5.74, 6) is 0. The van der Waals surface area contributed by atoms with Gasteiger partial charge in [0.15, 0.2) is 0 Å². The fourth-order valence-corrected chi connectivity index (χ4v) is 2.59. The van der Waals surface area contributed by atoms with E-state index in [1.807, 2.05) is 6.07 Å². The highest BCUT2D eigenvalue weighted by atomic mass is 15.2. The molecule has 0 radical (unpaired) electrons. The molecule has 0 aliphatic rings. The van der Waals surface area contributed by atoms with Crippen molar-refractivity contribution in [3.05, 3.63) is 18.3 Å². The Balaban J connectivity index is 2.36. The van der Waals surface area contributed by atoms with Crippen LogP contribution < -0.4 is 10.6 Å². The minimum atomic E-state index is 0.405. The van der Waals surface area contributed by atoms with Crippen LogP contribution in [0.4, 0.5) is 11.4 Å². The van der Waals surface area contributed by atoms with E-state index in [9.17, 15) is 0 Å². The van der Waals surface area contributed by atoms with Crippen molar-refractivity contribution < 1.29 is 0 Å². The summed E-state index contributed by atoms with van der Waals surface area (Å²) >= 11 is 0. The first-order chi connectivity index (χ1) is 9.02. The van der Waals surface area contributed by atoms with Gasteiger partial charge in [0.05, 0.1) is 23.1 Å². The molecule has 19 heavy (non-hydrogen) atoms. The largest absolute Gasteiger partial charge is 0.397 e. The van der Waals surface area contributed by atoms with Gasteiger partial charge in [0.2, 0.25) is 0 Å². The van der Waals surface area contributed by atoms with Gasteiger partial charge in [-0.2, -0.15) is 5.10 Å². The van der Waals surface area contributed by atoms with Gasteiger partial charge in [-0.05, 0) is 40.1 Å².